The second kappa shape index (κ2) is 10.4. The van der Waals surface area contributed by atoms with Crippen molar-refractivity contribution in [3.63, 3.8) is 0 Å². The Labute approximate surface area is 177 Å². The van der Waals surface area contributed by atoms with E-state index in [1.54, 1.807) is 13.2 Å². The molecule has 2 aromatic rings. The number of aromatic nitrogens is 1. The van der Waals surface area contributed by atoms with Gasteiger partial charge < -0.3 is 15.0 Å². The van der Waals surface area contributed by atoms with Crippen molar-refractivity contribution in [3.05, 3.63) is 50.7 Å². The summed E-state index contributed by atoms with van der Waals surface area (Å²) in [6.45, 7) is 9.73. The first-order valence-corrected chi connectivity index (χ1v) is 10.1. The van der Waals surface area contributed by atoms with E-state index in [2.05, 4.69) is 24.1 Å². The van der Waals surface area contributed by atoms with E-state index in [4.69, 9.17) is 16.3 Å². The van der Waals surface area contributed by atoms with E-state index < -0.39 is 4.92 Å². The highest BCUT2D eigenvalue weighted by Crippen LogP contribution is 2.38. The van der Waals surface area contributed by atoms with Crippen LogP contribution in [0.5, 0.6) is 0 Å². The third-order valence-corrected chi connectivity index (χ3v) is 4.91. The standard InChI is InChI=1S/C21H29ClN4O3/c1-6-9-25(10-11-29-5)19-12-15(4)23-21(20(19)26(27)28)24-18-8-7-16(14(2)3)13-17(18)22/h7-8,12-14H,6,9-11H2,1-5H3,(H,23,24). The summed E-state index contributed by atoms with van der Waals surface area (Å²) in [4.78, 5) is 18.0. The van der Waals surface area contributed by atoms with Crippen LogP contribution in [0.2, 0.25) is 5.02 Å². The first-order chi connectivity index (χ1) is 13.8. The number of nitro groups is 1. The zero-order chi connectivity index (χ0) is 21.6. The van der Waals surface area contributed by atoms with Crippen LogP contribution >= 0.6 is 11.6 Å². The molecule has 7 nitrogen and oxygen atoms in total. The number of hydrogen-bond donors (Lipinski definition) is 1. The van der Waals surface area contributed by atoms with Gasteiger partial charge in [-0.25, -0.2) is 4.98 Å². The van der Waals surface area contributed by atoms with Gasteiger partial charge in [0.25, 0.3) is 0 Å². The zero-order valence-corrected chi connectivity index (χ0v) is 18.4. The van der Waals surface area contributed by atoms with Crippen LogP contribution in [0.3, 0.4) is 0 Å². The van der Waals surface area contributed by atoms with Crippen LogP contribution in [-0.4, -0.2) is 36.7 Å². The van der Waals surface area contributed by atoms with E-state index in [0.717, 1.165) is 12.0 Å². The average molecular weight is 421 g/mol. The van der Waals surface area contributed by atoms with Gasteiger partial charge in [0.05, 0.1) is 22.2 Å². The summed E-state index contributed by atoms with van der Waals surface area (Å²) in [5.74, 6) is 0.519. The Bertz CT molecular complexity index is 858. The summed E-state index contributed by atoms with van der Waals surface area (Å²) in [6, 6.07) is 7.42. The van der Waals surface area contributed by atoms with Crippen LogP contribution < -0.4 is 10.2 Å². The number of aryl methyl sites for hydroxylation is 1. The number of methoxy groups -OCH3 is 1. The van der Waals surface area contributed by atoms with Crippen LogP contribution in [0.15, 0.2) is 24.3 Å². The molecule has 1 aromatic carbocycles. The first kappa shape index (κ1) is 22.9. The quantitative estimate of drug-likeness (QED) is 0.393. The van der Waals surface area contributed by atoms with Gasteiger partial charge in [-0.3, -0.25) is 10.1 Å². The Morgan fingerprint density at radius 2 is 2.03 bits per heavy atom. The van der Waals surface area contributed by atoms with Crippen molar-refractivity contribution in [3.8, 4) is 0 Å². The molecule has 1 aromatic heterocycles. The fourth-order valence-electron chi connectivity index (χ4n) is 3.10. The Kier molecular flexibility index (Phi) is 8.22. The molecule has 2 rings (SSSR count). The summed E-state index contributed by atoms with van der Waals surface area (Å²) in [5.41, 5.74) is 2.83. The maximum atomic E-state index is 12.0. The van der Waals surface area contributed by atoms with Gasteiger partial charge in [-0.1, -0.05) is 38.4 Å². The van der Waals surface area contributed by atoms with Crippen LogP contribution in [0.4, 0.5) is 22.9 Å². The van der Waals surface area contributed by atoms with E-state index in [0.29, 0.717) is 47.7 Å². The van der Waals surface area contributed by atoms with E-state index in [9.17, 15) is 10.1 Å². The monoisotopic (exact) mass is 420 g/mol. The molecule has 29 heavy (non-hydrogen) atoms. The van der Waals surface area contributed by atoms with Crippen molar-refractivity contribution >= 4 is 34.5 Å². The first-order valence-electron chi connectivity index (χ1n) is 9.74. The van der Waals surface area contributed by atoms with Gasteiger partial charge in [0.2, 0.25) is 5.82 Å². The Balaban J connectivity index is 2.52. The molecule has 0 atom stereocenters. The fourth-order valence-corrected chi connectivity index (χ4v) is 3.34. The molecule has 0 amide bonds. The number of nitrogens with one attached hydrogen (secondary N) is 1. The van der Waals surface area contributed by atoms with Gasteiger partial charge in [0, 0.05) is 25.9 Å². The van der Waals surface area contributed by atoms with Gasteiger partial charge in [0.15, 0.2) is 0 Å². The van der Waals surface area contributed by atoms with Crippen LogP contribution in [-0.2, 0) is 4.74 Å². The molecular weight excluding hydrogens is 392 g/mol. The second-order valence-corrected chi connectivity index (χ2v) is 7.64. The summed E-state index contributed by atoms with van der Waals surface area (Å²) in [5, 5.41) is 15.6. The van der Waals surface area contributed by atoms with Gasteiger partial charge >= 0.3 is 5.69 Å². The molecule has 8 heteroatoms. The van der Waals surface area contributed by atoms with Crippen molar-refractivity contribution in [1.82, 2.24) is 4.98 Å². The number of hydrogen-bond acceptors (Lipinski definition) is 6. The SMILES string of the molecule is CCCN(CCOC)c1cc(C)nc(Nc2ccc(C(C)C)cc2Cl)c1[N+](=O)[O-]. The lowest BCUT2D eigenvalue weighted by Gasteiger charge is -2.25. The minimum Gasteiger partial charge on any atom is -0.383 e. The molecule has 1 heterocycles. The molecule has 0 fully saturated rings. The van der Waals surface area contributed by atoms with E-state index in [1.807, 2.05) is 36.9 Å². The summed E-state index contributed by atoms with van der Waals surface area (Å²) in [7, 11) is 1.62. The van der Waals surface area contributed by atoms with Gasteiger partial charge in [-0.15, -0.1) is 0 Å². The Morgan fingerprint density at radius 3 is 2.59 bits per heavy atom. The van der Waals surface area contributed by atoms with Crippen LogP contribution in [0, 0.1) is 17.0 Å². The molecule has 0 saturated carbocycles. The predicted octanol–water partition coefficient (Wildman–Crippen LogP) is 5.68. The number of anilines is 3. The van der Waals surface area contributed by atoms with Crippen molar-refractivity contribution in [1.29, 1.82) is 0 Å². The Morgan fingerprint density at radius 1 is 1.31 bits per heavy atom. The van der Waals surface area contributed by atoms with Crippen molar-refractivity contribution in [2.24, 2.45) is 0 Å². The summed E-state index contributed by atoms with van der Waals surface area (Å²) < 4.78 is 5.18. The van der Waals surface area contributed by atoms with Crippen molar-refractivity contribution < 1.29 is 9.66 Å². The number of ether oxygens (including phenoxy) is 1. The number of nitrogens with zero attached hydrogens (tertiary/aromatic N) is 3. The molecule has 0 radical (unpaired) electrons. The van der Waals surface area contributed by atoms with Crippen molar-refractivity contribution in [2.75, 3.05) is 37.0 Å². The fraction of sp³-hybridized carbons (Fsp3) is 0.476. The number of benzene rings is 1. The maximum Gasteiger partial charge on any atom is 0.334 e. The molecule has 158 valence electrons. The number of halogens is 1. The number of pyridine rings is 1. The van der Waals surface area contributed by atoms with E-state index >= 15 is 0 Å². The predicted molar refractivity (Wildman–Crippen MR) is 119 cm³/mol. The lowest BCUT2D eigenvalue weighted by Crippen LogP contribution is -2.29. The van der Waals surface area contributed by atoms with Crippen molar-refractivity contribution in [2.45, 2.75) is 40.0 Å². The smallest absolute Gasteiger partial charge is 0.334 e. The molecule has 1 N–H and O–H groups in total. The average Bonchev–Trinajstić information content (AvgIpc) is 2.65. The zero-order valence-electron chi connectivity index (χ0n) is 17.7. The molecule has 0 aliphatic carbocycles. The highest BCUT2D eigenvalue weighted by Gasteiger charge is 2.26. The summed E-state index contributed by atoms with van der Waals surface area (Å²) >= 11 is 6.43. The maximum absolute atomic E-state index is 12.0. The molecule has 0 aliphatic rings. The molecule has 0 unspecified atom stereocenters. The normalized spacial score (nSPS) is 11.0. The minimum absolute atomic E-state index is 0.0656. The topological polar surface area (TPSA) is 80.5 Å². The molecule has 0 bridgehead atoms. The highest BCUT2D eigenvalue weighted by molar-refractivity contribution is 6.33. The van der Waals surface area contributed by atoms with Gasteiger partial charge in [-0.05, 0) is 43.0 Å². The molecule has 0 spiro atoms. The van der Waals surface area contributed by atoms with Crippen LogP contribution in [0.25, 0.3) is 0 Å². The lowest BCUT2D eigenvalue weighted by molar-refractivity contribution is -0.383. The molecular formula is C21H29ClN4O3. The second-order valence-electron chi connectivity index (χ2n) is 7.24. The highest BCUT2D eigenvalue weighted by atomic mass is 35.5. The lowest BCUT2D eigenvalue weighted by atomic mass is 10.0. The van der Waals surface area contributed by atoms with Gasteiger partial charge in [-0.2, -0.15) is 0 Å². The number of rotatable bonds is 10. The van der Waals surface area contributed by atoms with E-state index in [1.165, 1.54) is 0 Å². The molecule has 0 saturated heterocycles. The van der Waals surface area contributed by atoms with E-state index in [-0.39, 0.29) is 11.5 Å². The minimum atomic E-state index is -0.393. The largest absolute Gasteiger partial charge is 0.383 e. The third kappa shape index (κ3) is 5.81. The third-order valence-electron chi connectivity index (χ3n) is 4.60. The van der Waals surface area contributed by atoms with Crippen LogP contribution in [0.1, 0.15) is 44.4 Å². The van der Waals surface area contributed by atoms with Gasteiger partial charge in [0.1, 0.15) is 5.69 Å². The molecule has 0 aliphatic heterocycles. The summed E-state index contributed by atoms with van der Waals surface area (Å²) in [6.07, 6.45) is 0.855. The Hall–Kier alpha value is -2.38.